The molecule has 0 atom stereocenters. The zero-order chi connectivity index (χ0) is 12.9. The molecule has 0 unspecified atom stereocenters. The van der Waals surface area contributed by atoms with Crippen molar-refractivity contribution in [1.29, 1.82) is 0 Å². The largest absolute Gasteiger partial charge is 0.413 e. The number of carbonyl (C=O) groups is 1. The number of halogens is 3. The van der Waals surface area contributed by atoms with Gasteiger partial charge >= 0.3 is 6.18 Å². The Hall–Kier alpha value is -1.84. The summed E-state index contributed by atoms with van der Waals surface area (Å²) in [7, 11) is 0. The summed E-state index contributed by atoms with van der Waals surface area (Å²) in [5.74, 6) is -0.653. The minimum Gasteiger partial charge on any atom is -0.289 e. The summed E-state index contributed by atoms with van der Waals surface area (Å²) in [4.78, 5) is 11.6. The molecular weight excluding hydrogens is 229 g/mol. The molecule has 0 amide bonds. The molecule has 0 saturated heterocycles. The maximum absolute atomic E-state index is 12.5. The molecule has 17 heavy (non-hydrogen) atoms. The molecule has 0 fully saturated rings. The van der Waals surface area contributed by atoms with Gasteiger partial charge in [-0.1, -0.05) is 36.4 Å². The molecule has 0 heterocycles. The lowest BCUT2D eigenvalue weighted by Gasteiger charge is -2.09. The van der Waals surface area contributed by atoms with Gasteiger partial charge < -0.3 is 0 Å². The second-order valence-electron chi connectivity index (χ2n) is 3.39. The van der Waals surface area contributed by atoms with Gasteiger partial charge in [0.2, 0.25) is 0 Å². The third-order valence-corrected chi connectivity index (χ3v) is 2.09. The normalized spacial score (nSPS) is 12.3. The van der Waals surface area contributed by atoms with Crippen molar-refractivity contribution < 1.29 is 18.0 Å². The van der Waals surface area contributed by atoms with Gasteiger partial charge in [-0.3, -0.25) is 4.79 Å². The predicted octanol–water partition coefficient (Wildman–Crippen LogP) is 3.93. The number of ketones is 1. The van der Waals surface area contributed by atoms with Crippen LogP contribution in [0.2, 0.25) is 0 Å². The molecule has 0 saturated carbocycles. The van der Waals surface area contributed by atoms with Crippen LogP contribution in [0, 0.1) is 0 Å². The Balaban J connectivity index is 2.99. The summed E-state index contributed by atoms with van der Waals surface area (Å²) in [5.41, 5.74) is -0.653. The fourth-order valence-electron chi connectivity index (χ4n) is 1.26. The molecule has 0 radical (unpaired) electrons. The van der Waals surface area contributed by atoms with E-state index in [2.05, 4.69) is 6.58 Å². The standard InChI is InChI=1S/C13H11F3O/c1-2-6-11(13(14,15)16)9-12(17)10-7-4-3-5-8-10/h2-5,7-9H,1,6H2/b11-9+. The summed E-state index contributed by atoms with van der Waals surface area (Å²) >= 11 is 0. The van der Waals surface area contributed by atoms with E-state index < -0.39 is 17.5 Å². The molecule has 0 N–H and O–H groups in total. The molecule has 0 aliphatic carbocycles. The fourth-order valence-corrected chi connectivity index (χ4v) is 1.26. The van der Waals surface area contributed by atoms with Gasteiger partial charge in [-0.2, -0.15) is 13.2 Å². The lowest BCUT2D eigenvalue weighted by atomic mass is 10.1. The van der Waals surface area contributed by atoms with Crippen LogP contribution in [0.4, 0.5) is 13.2 Å². The molecule has 1 aromatic rings. The Morgan fingerprint density at radius 3 is 2.29 bits per heavy atom. The second-order valence-corrected chi connectivity index (χ2v) is 3.39. The van der Waals surface area contributed by atoms with Crippen LogP contribution in [0.3, 0.4) is 0 Å². The zero-order valence-electron chi connectivity index (χ0n) is 9.00. The lowest BCUT2D eigenvalue weighted by molar-refractivity contribution is -0.0929. The van der Waals surface area contributed by atoms with Crippen LogP contribution in [0.5, 0.6) is 0 Å². The topological polar surface area (TPSA) is 17.1 Å². The summed E-state index contributed by atoms with van der Waals surface area (Å²) in [6.07, 6.45) is -3.13. The number of carbonyl (C=O) groups excluding carboxylic acids is 1. The molecule has 90 valence electrons. The van der Waals surface area contributed by atoms with Gasteiger partial charge in [-0.25, -0.2) is 0 Å². The van der Waals surface area contributed by atoms with E-state index >= 15 is 0 Å². The monoisotopic (exact) mass is 240 g/mol. The average Bonchev–Trinajstić information content (AvgIpc) is 2.28. The van der Waals surface area contributed by atoms with Crippen molar-refractivity contribution in [3.05, 3.63) is 60.2 Å². The van der Waals surface area contributed by atoms with Crippen molar-refractivity contribution in [2.75, 3.05) is 0 Å². The highest BCUT2D eigenvalue weighted by molar-refractivity contribution is 6.05. The van der Waals surface area contributed by atoms with E-state index in [1.54, 1.807) is 18.2 Å². The van der Waals surface area contributed by atoms with E-state index in [0.717, 1.165) is 6.08 Å². The van der Waals surface area contributed by atoms with E-state index in [9.17, 15) is 18.0 Å². The summed E-state index contributed by atoms with van der Waals surface area (Å²) < 4.78 is 37.5. The van der Waals surface area contributed by atoms with Gasteiger partial charge in [0.25, 0.3) is 0 Å². The minimum atomic E-state index is -4.50. The number of benzene rings is 1. The Morgan fingerprint density at radius 1 is 1.24 bits per heavy atom. The number of alkyl halides is 3. The van der Waals surface area contributed by atoms with Gasteiger partial charge in [0.15, 0.2) is 5.78 Å². The molecule has 0 spiro atoms. The van der Waals surface area contributed by atoms with Crippen LogP contribution in [-0.4, -0.2) is 12.0 Å². The Kier molecular flexibility index (Phi) is 4.26. The van der Waals surface area contributed by atoms with Gasteiger partial charge in [0, 0.05) is 11.1 Å². The van der Waals surface area contributed by atoms with Gasteiger partial charge in [0.1, 0.15) is 0 Å². The van der Waals surface area contributed by atoms with Crippen molar-refractivity contribution in [2.45, 2.75) is 12.6 Å². The quantitative estimate of drug-likeness (QED) is 0.442. The third-order valence-electron chi connectivity index (χ3n) is 2.09. The van der Waals surface area contributed by atoms with Crippen molar-refractivity contribution >= 4 is 5.78 Å². The first kappa shape index (κ1) is 13.2. The molecule has 1 nitrogen and oxygen atoms in total. The smallest absolute Gasteiger partial charge is 0.289 e. The first-order valence-corrected chi connectivity index (χ1v) is 4.93. The minimum absolute atomic E-state index is 0.235. The van der Waals surface area contributed by atoms with Crippen LogP contribution in [0.15, 0.2) is 54.6 Å². The number of hydrogen-bond donors (Lipinski definition) is 0. The summed E-state index contributed by atoms with van der Waals surface area (Å²) in [6, 6.07) is 7.83. The van der Waals surface area contributed by atoms with Crippen LogP contribution in [-0.2, 0) is 0 Å². The van der Waals surface area contributed by atoms with Crippen molar-refractivity contribution in [3.63, 3.8) is 0 Å². The first-order valence-electron chi connectivity index (χ1n) is 4.93. The van der Waals surface area contributed by atoms with E-state index in [1.807, 2.05) is 0 Å². The predicted molar refractivity (Wildman–Crippen MR) is 59.7 cm³/mol. The molecule has 1 rings (SSSR count). The molecule has 0 aromatic heterocycles. The van der Waals surface area contributed by atoms with E-state index in [-0.39, 0.29) is 12.0 Å². The second kappa shape index (κ2) is 5.48. The average molecular weight is 240 g/mol. The van der Waals surface area contributed by atoms with Gasteiger partial charge in [-0.05, 0) is 12.5 Å². The van der Waals surface area contributed by atoms with Crippen LogP contribution >= 0.6 is 0 Å². The molecule has 0 aliphatic rings. The zero-order valence-corrected chi connectivity index (χ0v) is 9.00. The maximum atomic E-state index is 12.5. The summed E-state index contributed by atoms with van der Waals surface area (Å²) in [5, 5.41) is 0. The van der Waals surface area contributed by atoms with Crippen LogP contribution in [0.25, 0.3) is 0 Å². The van der Waals surface area contributed by atoms with Gasteiger partial charge in [-0.15, -0.1) is 6.58 Å². The first-order chi connectivity index (χ1) is 7.95. The number of allylic oxidation sites excluding steroid dienone is 3. The molecule has 4 heteroatoms. The van der Waals surface area contributed by atoms with E-state index in [4.69, 9.17) is 0 Å². The third kappa shape index (κ3) is 3.90. The van der Waals surface area contributed by atoms with E-state index in [0.29, 0.717) is 6.08 Å². The van der Waals surface area contributed by atoms with Crippen molar-refractivity contribution in [1.82, 2.24) is 0 Å². The molecular formula is C13H11F3O. The highest BCUT2D eigenvalue weighted by Crippen LogP contribution is 2.28. The van der Waals surface area contributed by atoms with Crippen LogP contribution < -0.4 is 0 Å². The molecule has 1 aromatic carbocycles. The molecule has 0 bridgehead atoms. The van der Waals surface area contributed by atoms with E-state index in [1.165, 1.54) is 12.1 Å². The number of rotatable bonds is 4. The maximum Gasteiger partial charge on any atom is 0.413 e. The lowest BCUT2D eigenvalue weighted by Crippen LogP contribution is -2.13. The SMILES string of the molecule is C=CC/C(=C\C(=O)c1ccccc1)C(F)(F)F. The summed E-state index contributed by atoms with van der Waals surface area (Å²) in [6.45, 7) is 3.24. The Bertz CT molecular complexity index is 430. The van der Waals surface area contributed by atoms with Gasteiger partial charge in [0.05, 0.1) is 0 Å². The van der Waals surface area contributed by atoms with Crippen molar-refractivity contribution in [3.8, 4) is 0 Å². The highest BCUT2D eigenvalue weighted by atomic mass is 19.4. The fraction of sp³-hybridized carbons (Fsp3) is 0.154. The van der Waals surface area contributed by atoms with Crippen molar-refractivity contribution in [2.24, 2.45) is 0 Å². The number of hydrogen-bond acceptors (Lipinski definition) is 1. The molecule has 0 aliphatic heterocycles. The highest BCUT2D eigenvalue weighted by Gasteiger charge is 2.33. The Morgan fingerprint density at radius 2 is 1.82 bits per heavy atom. The Labute approximate surface area is 97.3 Å². The van der Waals surface area contributed by atoms with Crippen LogP contribution in [0.1, 0.15) is 16.8 Å².